The maximum atomic E-state index is 13.0. The first-order chi connectivity index (χ1) is 15.0. The van der Waals surface area contributed by atoms with Gasteiger partial charge in [0.2, 0.25) is 5.91 Å². The number of hydrogen-bond acceptors (Lipinski definition) is 5. The number of H-pyrrole nitrogens is 1. The highest BCUT2D eigenvalue weighted by Crippen LogP contribution is 2.32. The van der Waals surface area contributed by atoms with E-state index < -0.39 is 0 Å². The lowest BCUT2D eigenvalue weighted by Gasteiger charge is -2.30. The van der Waals surface area contributed by atoms with Crippen molar-refractivity contribution >= 4 is 11.8 Å². The monoisotopic (exact) mass is 423 g/mol. The minimum atomic E-state index is -0.211. The van der Waals surface area contributed by atoms with Crippen molar-refractivity contribution < 1.29 is 9.59 Å². The molecule has 2 aromatic rings. The number of carbonyl (C=O) groups is 2. The molecule has 0 aliphatic carbocycles. The van der Waals surface area contributed by atoms with Crippen molar-refractivity contribution in [2.24, 2.45) is 5.92 Å². The van der Waals surface area contributed by atoms with E-state index in [-0.39, 0.29) is 29.3 Å². The minimum absolute atomic E-state index is 0.00146. The van der Waals surface area contributed by atoms with Crippen LogP contribution in [0.1, 0.15) is 73.0 Å². The van der Waals surface area contributed by atoms with Gasteiger partial charge in [0.15, 0.2) is 0 Å². The molecule has 0 spiro atoms. The van der Waals surface area contributed by atoms with Crippen molar-refractivity contribution in [1.82, 2.24) is 24.8 Å². The Labute approximate surface area is 181 Å². The molecule has 2 aliphatic heterocycles. The van der Waals surface area contributed by atoms with Crippen LogP contribution in [0, 0.1) is 5.92 Å². The first-order valence-electron chi connectivity index (χ1n) is 11.1. The van der Waals surface area contributed by atoms with Crippen LogP contribution in [0.3, 0.4) is 0 Å². The zero-order chi connectivity index (χ0) is 22.0. The van der Waals surface area contributed by atoms with Crippen molar-refractivity contribution in [3.05, 3.63) is 57.5 Å². The summed E-state index contributed by atoms with van der Waals surface area (Å²) in [5, 5.41) is 0. The van der Waals surface area contributed by atoms with Crippen LogP contribution in [0.5, 0.6) is 0 Å². The molecule has 0 aromatic carbocycles. The van der Waals surface area contributed by atoms with Crippen molar-refractivity contribution in [2.75, 3.05) is 13.1 Å². The summed E-state index contributed by atoms with van der Waals surface area (Å²) in [5.41, 5.74) is 1.69. The molecule has 31 heavy (non-hydrogen) atoms. The van der Waals surface area contributed by atoms with Crippen LogP contribution in [-0.4, -0.2) is 49.7 Å². The van der Waals surface area contributed by atoms with E-state index in [2.05, 4.69) is 9.97 Å². The van der Waals surface area contributed by atoms with E-state index in [1.165, 1.54) is 0 Å². The summed E-state index contributed by atoms with van der Waals surface area (Å²) >= 11 is 0. The summed E-state index contributed by atoms with van der Waals surface area (Å²) in [6.07, 6.45) is 6.94. The SMILES string of the molecule is CCC(CC)C(=O)N1CCC[C@H]1c1nc2c(c(=O)[nH]1)CCN(C(=O)c1ccncc1)C2. The van der Waals surface area contributed by atoms with Gasteiger partial charge in [0.25, 0.3) is 11.5 Å². The second-order valence-electron chi connectivity index (χ2n) is 8.29. The van der Waals surface area contributed by atoms with E-state index in [4.69, 9.17) is 4.98 Å². The molecule has 1 atom stereocenters. The van der Waals surface area contributed by atoms with Crippen LogP contribution in [0.25, 0.3) is 0 Å². The fourth-order valence-electron chi connectivity index (χ4n) is 4.65. The zero-order valence-electron chi connectivity index (χ0n) is 18.1. The molecule has 4 heterocycles. The van der Waals surface area contributed by atoms with E-state index in [1.54, 1.807) is 29.4 Å². The summed E-state index contributed by atoms with van der Waals surface area (Å²) < 4.78 is 0. The molecule has 8 nitrogen and oxygen atoms in total. The van der Waals surface area contributed by atoms with Crippen LogP contribution >= 0.6 is 0 Å². The Kier molecular flexibility index (Phi) is 6.15. The Morgan fingerprint density at radius 3 is 2.65 bits per heavy atom. The van der Waals surface area contributed by atoms with Crippen LogP contribution in [0.2, 0.25) is 0 Å². The standard InChI is InChI=1S/C23H29N5O3/c1-3-15(4-2)23(31)28-12-5-6-19(28)20-25-18-14-27(13-9-17(18)21(29)26-20)22(30)16-7-10-24-11-8-16/h7-8,10-11,15,19H,3-6,9,12-14H2,1-2H3,(H,25,26,29)/t19-/m0/s1. The number of aromatic amines is 1. The normalized spacial score (nSPS) is 18.4. The third kappa shape index (κ3) is 4.11. The Balaban J connectivity index is 1.60. The van der Waals surface area contributed by atoms with Gasteiger partial charge >= 0.3 is 0 Å². The summed E-state index contributed by atoms with van der Waals surface area (Å²) in [6.45, 7) is 5.52. The molecule has 0 saturated carbocycles. The lowest BCUT2D eigenvalue weighted by Crippen LogP contribution is -2.41. The van der Waals surface area contributed by atoms with Gasteiger partial charge in [-0.1, -0.05) is 13.8 Å². The minimum Gasteiger partial charge on any atom is -0.332 e. The maximum Gasteiger partial charge on any atom is 0.254 e. The number of rotatable bonds is 5. The van der Waals surface area contributed by atoms with E-state index >= 15 is 0 Å². The quantitative estimate of drug-likeness (QED) is 0.796. The molecular weight excluding hydrogens is 394 g/mol. The van der Waals surface area contributed by atoms with Gasteiger partial charge < -0.3 is 14.8 Å². The highest BCUT2D eigenvalue weighted by Gasteiger charge is 2.35. The van der Waals surface area contributed by atoms with Gasteiger partial charge in [0.1, 0.15) is 5.82 Å². The summed E-state index contributed by atoms with van der Waals surface area (Å²) in [5.74, 6) is 0.586. The maximum absolute atomic E-state index is 13.0. The van der Waals surface area contributed by atoms with Gasteiger partial charge in [0, 0.05) is 42.5 Å². The number of aromatic nitrogens is 3. The molecular formula is C23H29N5O3. The second kappa shape index (κ2) is 8.99. The number of pyridine rings is 1. The molecule has 2 amide bonds. The molecule has 164 valence electrons. The van der Waals surface area contributed by atoms with E-state index in [1.807, 2.05) is 18.7 Å². The van der Waals surface area contributed by atoms with Crippen molar-refractivity contribution in [1.29, 1.82) is 0 Å². The highest BCUT2D eigenvalue weighted by atomic mass is 16.2. The molecule has 1 fully saturated rings. The third-order valence-electron chi connectivity index (χ3n) is 6.49. The number of nitrogens with one attached hydrogen (secondary N) is 1. The van der Waals surface area contributed by atoms with E-state index in [0.717, 1.165) is 25.7 Å². The van der Waals surface area contributed by atoms with Gasteiger partial charge in [-0.3, -0.25) is 19.4 Å². The van der Waals surface area contributed by atoms with Crippen molar-refractivity contribution in [3.63, 3.8) is 0 Å². The molecule has 0 radical (unpaired) electrons. The Hall–Kier alpha value is -3.03. The Bertz CT molecular complexity index is 1020. The average molecular weight is 424 g/mol. The number of nitrogens with zero attached hydrogens (tertiary/aromatic N) is 4. The number of amides is 2. The Morgan fingerprint density at radius 1 is 1.19 bits per heavy atom. The molecule has 2 aromatic heterocycles. The molecule has 0 unspecified atom stereocenters. The third-order valence-corrected chi connectivity index (χ3v) is 6.49. The lowest BCUT2D eigenvalue weighted by atomic mass is 10.0. The fourth-order valence-corrected chi connectivity index (χ4v) is 4.65. The number of hydrogen-bond donors (Lipinski definition) is 1. The summed E-state index contributed by atoms with van der Waals surface area (Å²) in [6, 6.07) is 3.17. The molecule has 4 rings (SSSR count). The molecule has 1 saturated heterocycles. The van der Waals surface area contributed by atoms with Crippen LogP contribution in [0.4, 0.5) is 0 Å². The predicted molar refractivity (Wildman–Crippen MR) is 115 cm³/mol. The first kappa shape index (κ1) is 21.2. The largest absolute Gasteiger partial charge is 0.332 e. The van der Waals surface area contributed by atoms with Crippen LogP contribution in [-0.2, 0) is 17.8 Å². The zero-order valence-corrected chi connectivity index (χ0v) is 18.1. The van der Waals surface area contributed by atoms with E-state index in [9.17, 15) is 14.4 Å². The van der Waals surface area contributed by atoms with Gasteiger partial charge in [-0.05, 0) is 44.2 Å². The van der Waals surface area contributed by atoms with Gasteiger partial charge in [-0.25, -0.2) is 4.98 Å². The highest BCUT2D eigenvalue weighted by molar-refractivity contribution is 5.94. The smallest absolute Gasteiger partial charge is 0.254 e. The fraction of sp³-hybridized carbons (Fsp3) is 0.522. The van der Waals surface area contributed by atoms with Gasteiger partial charge in [0.05, 0.1) is 18.3 Å². The number of fused-ring (bicyclic) bond motifs is 1. The molecule has 0 bridgehead atoms. The van der Waals surface area contributed by atoms with E-state index in [0.29, 0.717) is 48.7 Å². The topological polar surface area (TPSA) is 99.3 Å². The van der Waals surface area contributed by atoms with Crippen molar-refractivity contribution in [3.8, 4) is 0 Å². The summed E-state index contributed by atoms with van der Waals surface area (Å²) in [4.78, 5) is 53.9. The molecule has 2 aliphatic rings. The lowest BCUT2D eigenvalue weighted by molar-refractivity contribution is -0.136. The van der Waals surface area contributed by atoms with Gasteiger partial charge in [-0.2, -0.15) is 0 Å². The average Bonchev–Trinajstić information content (AvgIpc) is 3.29. The van der Waals surface area contributed by atoms with Crippen LogP contribution in [0.15, 0.2) is 29.3 Å². The van der Waals surface area contributed by atoms with Gasteiger partial charge in [-0.15, -0.1) is 0 Å². The first-order valence-corrected chi connectivity index (χ1v) is 11.1. The van der Waals surface area contributed by atoms with Crippen LogP contribution < -0.4 is 5.56 Å². The molecule has 8 heteroatoms. The predicted octanol–water partition coefficient (Wildman–Crippen LogP) is 2.46. The van der Waals surface area contributed by atoms with Crippen molar-refractivity contribution in [2.45, 2.75) is 58.5 Å². The number of carbonyl (C=O) groups excluding carboxylic acids is 2. The summed E-state index contributed by atoms with van der Waals surface area (Å²) in [7, 11) is 0. The molecule has 1 N–H and O–H groups in total. The second-order valence-corrected chi connectivity index (χ2v) is 8.29. The Morgan fingerprint density at radius 2 is 1.94 bits per heavy atom. The number of likely N-dealkylation sites (tertiary alicyclic amines) is 1.